The summed E-state index contributed by atoms with van der Waals surface area (Å²) >= 11 is 5.14. The van der Waals surface area contributed by atoms with Gasteiger partial charge in [0.1, 0.15) is 0 Å². The Morgan fingerprint density at radius 2 is 2.05 bits per heavy atom. The summed E-state index contributed by atoms with van der Waals surface area (Å²) in [4.78, 5) is 12.5. The quantitative estimate of drug-likeness (QED) is 0.728. The van der Waals surface area contributed by atoms with Crippen molar-refractivity contribution in [2.24, 2.45) is 0 Å². The fourth-order valence-corrected chi connectivity index (χ4v) is 2.77. The molecule has 0 atom stereocenters. The number of H-pyrrole nitrogens is 1. The van der Waals surface area contributed by atoms with Gasteiger partial charge in [-0.3, -0.25) is 9.89 Å². The number of nitrogens with one attached hydrogen (secondary N) is 2. The van der Waals surface area contributed by atoms with Gasteiger partial charge in [0, 0.05) is 12.1 Å². The third kappa shape index (κ3) is 2.65. The van der Waals surface area contributed by atoms with E-state index in [2.05, 4.69) is 15.5 Å². The van der Waals surface area contributed by atoms with Crippen LogP contribution in [0.15, 0.2) is 42.5 Å². The smallest absolute Gasteiger partial charge is 0.252 e. The molecule has 0 spiro atoms. The molecule has 1 amide bonds. The van der Waals surface area contributed by atoms with E-state index in [1.165, 1.54) is 0 Å². The Bertz CT molecular complexity index is 876. The number of aromatic amines is 1. The summed E-state index contributed by atoms with van der Waals surface area (Å²) in [5.74, 6) is 0.606. The molecule has 2 N–H and O–H groups in total. The molecule has 3 aromatic rings. The van der Waals surface area contributed by atoms with Crippen molar-refractivity contribution in [3.8, 4) is 0 Å². The molecule has 0 bridgehead atoms. The molecule has 2 aromatic carbocycles. The van der Waals surface area contributed by atoms with E-state index in [4.69, 9.17) is 12.2 Å². The van der Waals surface area contributed by atoms with Crippen LogP contribution in [-0.2, 0) is 13.1 Å². The molecular weight excluding hydrogens is 296 g/mol. The number of hydrogen-bond donors (Lipinski definition) is 2. The lowest BCUT2D eigenvalue weighted by molar-refractivity contribution is 0.0951. The second-order valence-corrected chi connectivity index (χ2v) is 5.29. The van der Waals surface area contributed by atoms with Crippen LogP contribution < -0.4 is 5.32 Å². The van der Waals surface area contributed by atoms with Gasteiger partial charge in [-0.25, -0.2) is 0 Å². The summed E-state index contributed by atoms with van der Waals surface area (Å²) in [5, 5.41) is 11.8. The number of aromatic nitrogens is 3. The van der Waals surface area contributed by atoms with Gasteiger partial charge < -0.3 is 9.88 Å². The van der Waals surface area contributed by atoms with E-state index in [0.29, 0.717) is 16.9 Å². The fraction of sp³-hybridized carbons (Fsp3) is 0.188. The van der Waals surface area contributed by atoms with E-state index in [0.717, 1.165) is 23.1 Å². The number of carbonyl (C=O) groups is 1. The van der Waals surface area contributed by atoms with E-state index < -0.39 is 0 Å². The molecule has 5 nitrogen and oxygen atoms in total. The van der Waals surface area contributed by atoms with Crippen LogP contribution in [0.5, 0.6) is 0 Å². The average Bonchev–Trinajstić information content (AvgIpc) is 2.92. The van der Waals surface area contributed by atoms with E-state index in [1.54, 1.807) is 0 Å². The summed E-state index contributed by atoms with van der Waals surface area (Å²) in [6, 6.07) is 13.5. The first-order valence-electron chi connectivity index (χ1n) is 7.10. The number of amides is 1. The first kappa shape index (κ1) is 14.5. The lowest BCUT2D eigenvalue weighted by atomic mass is 10.0. The molecule has 0 saturated carbocycles. The zero-order chi connectivity index (χ0) is 15.5. The highest BCUT2D eigenvalue weighted by Crippen LogP contribution is 2.18. The van der Waals surface area contributed by atoms with Crippen molar-refractivity contribution in [1.82, 2.24) is 20.1 Å². The van der Waals surface area contributed by atoms with Crippen molar-refractivity contribution < 1.29 is 4.79 Å². The van der Waals surface area contributed by atoms with Crippen LogP contribution in [0.1, 0.15) is 23.1 Å². The zero-order valence-corrected chi connectivity index (χ0v) is 13.0. The minimum Gasteiger partial charge on any atom is -0.345 e. The van der Waals surface area contributed by atoms with Crippen LogP contribution in [0, 0.1) is 4.77 Å². The van der Waals surface area contributed by atoms with E-state index in [9.17, 15) is 4.79 Å². The third-order valence-corrected chi connectivity index (χ3v) is 3.91. The van der Waals surface area contributed by atoms with Gasteiger partial charge in [-0.15, -0.1) is 0 Å². The molecule has 0 aliphatic carbocycles. The monoisotopic (exact) mass is 312 g/mol. The van der Waals surface area contributed by atoms with Gasteiger partial charge in [0.2, 0.25) is 0 Å². The van der Waals surface area contributed by atoms with Gasteiger partial charge in [-0.1, -0.05) is 36.4 Å². The van der Waals surface area contributed by atoms with E-state index in [1.807, 2.05) is 54.0 Å². The third-order valence-electron chi connectivity index (χ3n) is 3.59. The predicted molar refractivity (Wildman–Crippen MR) is 88.2 cm³/mol. The molecule has 22 heavy (non-hydrogen) atoms. The summed E-state index contributed by atoms with van der Waals surface area (Å²) in [7, 11) is 0. The van der Waals surface area contributed by atoms with Crippen molar-refractivity contribution in [2.75, 3.05) is 0 Å². The molecule has 1 aromatic heterocycles. The normalized spacial score (nSPS) is 10.8. The fourth-order valence-electron chi connectivity index (χ4n) is 2.49. The Balaban J connectivity index is 1.83. The largest absolute Gasteiger partial charge is 0.345 e. The van der Waals surface area contributed by atoms with Crippen LogP contribution in [0.3, 0.4) is 0 Å². The van der Waals surface area contributed by atoms with Gasteiger partial charge in [0.15, 0.2) is 10.6 Å². The summed E-state index contributed by atoms with van der Waals surface area (Å²) < 4.78 is 2.43. The Hall–Kier alpha value is -2.47. The Kier molecular flexibility index (Phi) is 4.02. The summed E-state index contributed by atoms with van der Waals surface area (Å²) in [6.07, 6.45) is 0. The van der Waals surface area contributed by atoms with Gasteiger partial charge in [-0.05, 0) is 36.0 Å². The van der Waals surface area contributed by atoms with Crippen molar-refractivity contribution in [3.05, 3.63) is 58.6 Å². The number of rotatable bonds is 4. The average molecular weight is 312 g/mol. The number of hydrogen-bond acceptors (Lipinski definition) is 3. The molecule has 6 heteroatoms. The second-order valence-electron chi connectivity index (χ2n) is 4.90. The van der Waals surface area contributed by atoms with E-state index in [-0.39, 0.29) is 5.91 Å². The molecule has 0 aliphatic rings. The molecule has 1 heterocycles. The highest BCUT2D eigenvalue weighted by molar-refractivity contribution is 7.71. The van der Waals surface area contributed by atoms with Crippen molar-refractivity contribution in [2.45, 2.75) is 20.0 Å². The summed E-state index contributed by atoms with van der Waals surface area (Å²) in [5.41, 5.74) is 0.662. The SMILES string of the molecule is CCn1c(CNC(=O)c2cccc3ccccc23)n[nH]c1=S. The molecule has 0 fully saturated rings. The van der Waals surface area contributed by atoms with Crippen molar-refractivity contribution in [3.63, 3.8) is 0 Å². The zero-order valence-electron chi connectivity index (χ0n) is 12.2. The molecule has 0 aliphatic heterocycles. The number of fused-ring (bicyclic) bond motifs is 1. The van der Waals surface area contributed by atoms with Crippen LogP contribution >= 0.6 is 12.2 Å². The maximum absolute atomic E-state index is 12.5. The first-order chi connectivity index (χ1) is 10.7. The highest BCUT2D eigenvalue weighted by Gasteiger charge is 2.11. The minimum absolute atomic E-state index is 0.117. The maximum atomic E-state index is 12.5. The predicted octanol–water partition coefficient (Wildman–Crippen LogP) is 3.04. The molecule has 112 valence electrons. The topological polar surface area (TPSA) is 62.7 Å². The van der Waals surface area contributed by atoms with E-state index >= 15 is 0 Å². The van der Waals surface area contributed by atoms with Crippen molar-refractivity contribution >= 4 is 28.9 Å². The van der Waals surface area contributed by atoms with Gasteiger partial charge in [-0.2, -0.15) is 5.10 Å². The van der Waals surface area contributed by atoms with Crippen LogP contribution in [0.4, 0.5) is 0 Å². The lowest BCUT2D eigenvalue weighted by Crippen LogP contribution is -2.25. The van der Waals surface area contributed by atoms with Crippen molar-refractivity contribution in [1.29, 1.82) is 0 Å². The molecule has 0 unspecified atom stereocenters. The van der Waals surface area contributed by atoms with Crippen LogP contribution in [-0.4, -0.2) is 20.7 Å². The molecule has 0 saturated heterocycles. The lowest BCUT2D eigenvalue weighted by Gasteiger charge is -2.08. The molecule has 0 radical (unpaired) electrons. The van der Waals surface area contributed by atoms with Gasteiger partial charge in [0.25, 0.3) is 5.91 Å². The maximum Gasteiger partial charge on any atom is 0.252 e. The summed E-state index contributed by atoms with van der Waals surface area (Å²) in [6.45, 7) is 3.04. The number of carbonyl (C=O) groups excluding carboxylic acids is 1. The number of nitrogens with zero attached hydrogens (tertiary/aromatic N) is 2. The van der Waals surface area contributed by atoms with Crippen LogP contribution in [0.2, 0.25) is 0 Å². The van der Waals surface area contributed by atoms with Gasteiger partial charge in [0.05, 0.1) is 6.54 Å². The highest BCUT2D eigenvalue weighted by atomic mass is 32.1. The standard InChI is InChI=1S/C16H16N4OS/c1-2-20-14(18-19-16(20)22)10-17-15(21)13-9-5-7-11-6-3-4-8-12(11)13/h3-9H,2,10H2,1H3,(H,17,21)(H,19,22). The Morgan fingerprint density at radius 3 is 2.86 bits per heavy atom. The van der Waals surface area contributed by atoms with Gasteiger partial charge >= 0.3 is 0 Å². The Labute approximate surface area is 133 Å². The first-order valence-corrected chi connectivity index (χ1v) is 7.51. The minimum atomic E-state index is -0.117. The number of benzene rings is 2. The molecule has 3 rings (SSSR count). The Morgan fingerprint density at radius 1 is 1.27 bits per heavy atom. The second kappa shape index (κ2) is 6.11. The molecular formula is C16H16N4OS. The van der Waals surface area contributed by atoms with Crippen LogP contribution in [0.25, 0.3) is 10.8 Å².